The minimum atomic E-state index is -1.04. The summed E-state index contributed by atoms with van der Waals surface area (Å²) < 4.78 is 1.61. The largest absolute Gasteiger partial charge is 0.476 e. The molecule has 0 aliphatic heterocycles. The van der Waals surface area contributed by atoms with Crippen LogP contribution < -0.4 is 0 Å². The van der Waals surface area contributed by atoms with Gasteiger partial charge >= 0.3 is 5.97 Å². The topological polar surface area (TPSA) is 80.9 Å². The Balaban J connectivity index is 2.36. The number of thiazole rings is 1. The summed E-state index contributed by atoms with van der Waals surface area (Å²) in [5.41, 5.74) is 1.53. The standard InChI is InChI=1S/C11H14N4O2S/c1-6(2)10-9(11(16)17)13-14-15(10)4-8-5-18-7(3)12-8/h5-6H,4H2,1-3H3,(H,16,17). The average molecular weight is 266 g/mol. The van der Waals surface area contributed by atoms with Crippen molar-refractivity contribution < 1.29 is 9.90 Å². The lowest BCUT2D eigenvalue weighted by Crippen LogP contribution is -2.11. The van der Waals surface area contributed by atoms with Crippen LogP contribution in [-0.2, 0) is 6.54 Å². The normalized spacial score (nSPS) is 11.1. The number of hydrogen-bond acceptors (Lipinski definition) is 5. The molecule has 6 nitrogen and oxygen atoms in total. The van der Waals surface area contributed by atoms with Crippen molar-refractivity contribution in [3.05, 3.63) is 27.5 Å². The fourth-order valence-corrected chi connectivity index (χ4v) is 2.40. The summed E-state index contributed by atoms with van der Waals surface area (Å²) in [7, 11) is 0. The van der Waals surface area contributed by atoms with Crippen LogP contribution in [0.2, 0.25) is 0 Å². The molecule has 0 spiro atoms. The van der Waals surface area contributed by atoms with Gasteiger partial charge in [-0.05, 0) is 12.8 Å². The molecule has 0 saturated heterocycles. The summed E-state index contributed by atoms with van der Waals surface area (Å²) in [6, 6.07) is 0. The molecule has 0 saturated carbocycles. The highest BCUT2D eigenvalue weighted by atomic mass is 32.1. The molecule has 0 aromatic carbocycles. The van der Waals surface area contributed by atoms with Gasteiger partial charge < -0.3 is 5.11 Å². The van der Waals surface area contributed by atoms with Crippen LogP contribution in [0.25, 0.3) is 0 Å². The van der Waals surface area contributed by atoms with Crippen molar-refractivity contribution >= 4 is 17.3 Å². The first-order valence-corrected chi connectivity index (χ1v) is 6.44. The van der Waals surface area contributed by atoms with Crippen LogP contribution in [0.15, 0.2) is 5.38 Å². The molecule has 0 radical (unpaired) electrons. The minimum absolute atomic E-state index is 0.0250. The molecule has 0 atom stereocenters. The number of aromatic carboxylic acids is 1. The smallest absolute Gasteiger partial charge is 0.358 e. The Morgan fingerprint density at radius 2 is 2.28 bits per heavy atom. The predicted octanol–water partition coefficient (Wildman–Crippen LogP) is 1.91. The Hall–Kier alpha value is -1.76. The Morgan fingerprint density at radius 1 is 1.56 bits per heavy atom. The van der Waals surface area contributed by atoms with Crippen LogP contribution in [0.4, 0.5) is 0 Å². The van der Waals surface area contributed by atoms with E-state index in [2.05, 4.69) is 15.3 Å². The Labute approximate surface area is 108 Å². The molecular formula is C11H14N4O2S. The van der Waals surface area contributed by atoms with Crippen LogP contribution in [-0.4, -0.2) is 31.1 Å². The van der Waals surface area contributed by atoms with E-state index < -0.39 is 5.97 Å². The summed E-state index contributed by atoms with van der Waals surface area (Å²) >= 11 is 1.56. The third kappa shape index (κ3) is 2.40. The van der Waals surface area contributed by atoms with Gasteiger partial charge in [0, 0.05) is 5.38 Å². The van der Waals surface area contributed by atoms with E-state index in [4.69, 9.17) is 5.11 Å². The highest BCUT2D eigenvalue weighted by Crippen LogP contribution is 2.19. The van der Waals surface area contributed by atoms with Gasteiger partial charge in [-0.15, -0.1) is 16.4 Å². The monoisotopic (exact) mass is 266 g/mol. The maximum Gasteiger partial charge on any atom is 0.358 e. The van der Waals surface area contributed by atoms with Crippen molar-refractivity contribution in [1.82, 2.24) is 20.0 Å². The third-order valence-corrected chi connectivity index (χ3v) is 3.32. The molecule has 0 fully saturated rings. The van der Waals surface area contributed by atoms with E-state index in [-0.39, 0.29) is 11.6 Å². The zero-order valence-electron chi connectivity index (χ0n) is 10.4. The lowest BCUT2D eigenvalue weighted by molar-refractivity contribution is 0.0688. The van der Waals surface area contributed by atoms with Gasteiger partial charge in [0.2, 0.25) is 0 Å². The minimum Gasteiger partial charge on any atom is -0.476 e. The first-order chi connectivity index (χ1) is 8.49. The van der Waals surface area contributed by atoms with Crippen LogP contribution in [0.3, 0.4) is 0 Å². The molecule has 96 valence electrons. The molecule has 2 heterocycles. The molecule has 2 aromatic heterocycles. The molecule has 7 heteroatoms. The van der Waals surface area contributed by atoms with Crippen molar-refractivity contribution in [2.45, 2.75) is 33.2 Å². The molecule has 0 aliphatic rings. The maximum absolute atomic E-state index is 11.1. The number of carboxylic acids is 1. The van der Waals surface area contributed by atoms with E-state index in [1.54, 1.807) is 16.0 Å². The molecular weight excluding hydrogens is 252 g/mol. The first-order valence-electron chi connectivity index (χ1n) is 5.56. The molecule has 0 amide bonds. The second-order valence-corrected chi connectivity index (χ2v) is 5.36. The quantitative estimate of drug-likeness (QED) is 0.914. The van der Waals surface area contributed by atoms with E-state index in [9.17, 15) is 4.79 Å². The van der Waals surface area contributed by atoms with Crippen molar-refractivity contribution in [3.63, 3.8) is 0 Å². The molecule has 2 aromatic rings. The van der Waals surface area contributed by atoms with Crippen molar-refractivity contribution in [2.75, 3.05) is 0 Å². The van der Waals surface area contributed by atoms with Gasteiger partial charge in [0.25, 0.3) is 0 Å². The van der Waals surface area contributed by atoms with Gasteiger partial charge in [0.15, 0.2) is 5.69 Å². The van der Waals surface area contributed by atoms with Crippen LogP contribution in [0.1, 0.15) is 46.6 Å². The van der Waals surface area contributed by atoms with Crippen molar-refractivity contribution in [3.8, 4) is 0 Å². The number of hydrogen-bond donors (Lipinski definition) is 1. The maximum atomic E-state index is 11.1. The fourth-order valence-electron chi connectivity index (χ4n) is 1.80. The average Bonchev–Trinajstić information content (AvgIpc) is 2.85. The zero-order valence-corrected chi connectivity index (χ0v) is 11.2. The second-order valence-electron chi connectivity index (χ2n) is 4.30. The first kappa shape index (κ1) is 12.7. The number of aryl methyl sites for hydroxylation is 1. The van der Waals surface area contributed by atoms with Gasteiger partial charge in [0.05, 0.1) is 22.9 Å². The molecule has 0 aliphatic carbocycles. The van der Waals surface area contributed by atoms with E-state index >= 15 is 0 Å². The summed E-state index contributed by atoms with van der Waals surface area (Å²) in [6.45, 7) is 6.24. The predicted molar refractivity (Wildman–Crippen MR) is 67.0 cm³/mol. The van der Waals surface area contributed by atoms with Crippen molar-refractivity contribution in [2.24, 2.45) is 0 Å². The molecule has 1 N–H and O–H groups in total. The number of nitrogens with zero attached hydrogens (tertiary/aromatic N) is 4. The SMILES string of the molecule is Cc1nc(Cn2nnc(C(=O)O)c2C(C)C)cs1. The van der Waals surface area contributed by atoms with Gasteiger partial charge in [0.1, 0.15) is 0 Å². The second kappa shape index (κ2) is 4.85. The van der Waals surface area contributed by atoms with E-state index in [0.29, 0.717) is 12.2 Å². The third-order valence-electron chi connectivity index (χ3n) is 2.50. The number of carbonyl (C=O) groups is 1. The van der Waals surface area contributed by atoms with Gasteiger partial charge in [-0.1, -0.05) is 19.1 Å². The van der Waals surface area contributed by atoms with Crippen LogP contribution in [0.5, 0.6) is 0 Å². The van der Waals surface area contributed by atoms with E-state index in [1.165, 1.54) is 0 Å². The lowest BCUT2D eigenvalue weighted by Gasteiger charge is -2.08. The Bertz CT molecular complexity index is 573. The summed E-state index contributed by atoms with van der Waals surface area (Å²) in [5, 5.41) is 19.6. The zero-order chi connectivity index (χ0) is 13.3. The number of rotatable bonds is 4. The summed E-state index contributed by atoms with van der Waals surface area (Å²) in [5.74, 6) is -0.995. The summed E-state index contributed by atoms with van der Waals surface area (Å²) in [6.07, 6.45) is 0. The lowest BCUT2D eigenvalue weighted by atomic mass is 10.1. The van der Waals surface area contributed by atoms with E-state index in [0.717, 1.165) is 10.7 Å². The fraction of sp³-hybridized carbons (Fsp3) is 0.455. The van der Waals surface area contributed by atoms with Crippen LogP contribution >= 0.6 is 11.3 Å². The van der Waals surface area contributed by atoms with E-state index in [1.807, 2.05) is 26.2 Å². The Kier molecular flexibility index (Phi) is 3.42. The molecule has 0 unspecified atom stereocenters. The molecule has 2 rings (SSSR count). The number of aromatic nitrogens is 4. The van der Waals surface area contributed by atoms with Crippen molar-refractivity contribution in [1.29, 1.82) is 0 Å². The Morgan fingerprint density at radius 3 is 2.78 bits per heavy atom. The van der Waals surface area contributed by atoms with Gasteiger partial charge in [-0.3, -0.25) is 0 Å². The molecule has 0 bridgehead atoms. The molecule has 18 heavy (non-hydrogen) atoms. The highest BCUT2D eigenvalue weighted by Gasteiger charge is 2.21. The van der Waals surface area contributed by atoms with Gasteiger partial charge in [-0.2, -0.15) is 0 Å². The van der Waals surface area contributed by atoms with Crippen LogP contribution in [0, 0.1) is 6.92 Å². The summed E-state index contributed by atoms with van der Waals surface area (Å²) in [4.78, 5) is 15.4. The highest BCUT2D eigenvalue weighted by molar-refractivity contribution is 7.09. The number of carboxylic acid groups (broad SMARTS) is 1. The van der Waals surface area contributed by atoms with Gasteiger partial charge in [-0.25, -0.2) is 14.5 Å².